The Morgan fingerprint density at radius 1 is 1.53 bits per heavy atom. The topological polar surface area (TPSA) is 38.3 Å². The normalized spacial score (nSPS) is 12.2. The molecule has 0 fully saturated rings. The van der Waals surface area contributed by atoms with Gasteiger partial charge in [0.1, 0.15) is 6.10 Å². The molecule has 1 aromatic carbocycles. The second-order valence-electron chi connectivity index (χ2n) is 3.90. The zero-order chi connectivity index (χ0) is 12.7. The van der Waals surface area contributed by atoms with E-state index in [0.717, 1.165) is 17.3 Å². The van der Waals surface area contributed by atoms with Crippen LogP contribution in [0.4, 0.5) is 0 Å². The highest BCUT2D eigenvalue weighted by Gasteiger charge is 2.09. The largest absolute Gasteiger partial charge is 0.372 e. The summed E-state index contributed by atoms with van der Waals surface area (Å²) in [5.74, 6) is -0.0539. The van der Waals surface area contributed by atoms with Crippen molar-refractivity contribution in [1.82, 2.24) is 5.32 Å². The fourth-order valence-corrected chi connectivity index (χ4v) is 1.89. The number of nitrogens with one attached hydrogen (secondary N) is 1. The van der Waals surface area contributed by atoms with E-state index >= 15 is 0 Å². The third-order valence-corrected chi connectivity index (χ3v) is 3.05. The number of hydrogen-bond acceptors (Lipinski definition) is 2. The predicted molar refractivity (Wildman–Crippen MR) is 71.9 cm³/mol. The first-order valence-corrected chi connectivity index (χ1v) is 6.47. The molecule has 0 radical (unpaired) electrons. The van der Waals surface area contributed by atoms with E-state index in [1.807, 2.05) is 12.1 Å². The molecule has 0 aliphatic heterocycles. The number of amides is 1. The van der Waals surface area contributed by atoms with Gasteiger partial charge in [0.2, 0.25) is 5.91 Å². The monoisotopic (exact) mass is 299 g/mol. The van der Waals surface area contributed by atoms with Gasteiger partial charge in [-0.2, -0.15) is 0 Å². The summed E-state index contributed by atoms with van der Waals surface area (Å²) in [7, 11) is 1.53. The van der Waals surface area contributed by atoms with E-state index in [9.17, 15) is 4.79 Å². The van der Waals surface area contributed by atoms with E-state index in [-0.39, 0.29) is 12.0 Å². The maximum Gasteiger partial charge on any atom is 0.248 e. The number of rotatable bonds is 6. The van der Waals surface area contributed by atoms with Crippen molar-refractivity contribution in [3.05, 3.63) is 34.3 Å². The summed E-state index contributed by atoms with van der Waals surface area (Å²) in [5.41, 5.74) is 1.27. The minimum absolute atomic E-state index is 0.0539. The third kappa shape index (κ3) is 5.33. The van der Waals surface area contributed by atoms with Gasteiger partial charge in [-0.05, 0) is 37.5 Å². The van der Waals surface area contributed by atoms with Crippen LogP contribution < -0.4 is 5.32 Å². The fourth-order valence-electron chi connectivity index (χ4n) is 1.45. The highest BCUT2D eigenvalue weighted by Crippen LogP contribution is 2.12. The van der Waals surface area contributed by atoms with Gasteiger partial charge in [-0.15, -0.1) is 0 Å². The average molecular weight is 300 g/mol. The van der Waals surface area contributed by atoms with Crippen LogP contribution in [0.1, 0.15) is 18.9 Å². The molecule has 1 rings (SSSR count). The zero-order valence-electron chi connectivity index (χ0n) is 10.2. The summed E-state index contributed by atoms with van der Waals surface area (Å²) in [5, 5.41) is 2.84. The highest BCUT2D eigenvalue weighted by atomic mass is 79.9. The Labute approximate surface area is 111 Å². The van der Waals surface area contributed by atoms with Crippen molar-refractivity contribution in [2.45, 2.75) is 25.9 Å². The first-order chi connectivity index (χ1) is 8.13. The number of carbonyl (C=O) groups is 1. The maximum absolute atomic E-state index is 11.4. The highest BCUT2D eigenvalue weighted by molar-refractivity contribution is 9.10. The minimum Gasteiger partial charge on any atom is -0.372 e. The van der Waals surface area contributed by atoms with Crippen molar-refractivity contribution >= 4 is 21.8 Å². The lowest BCUT2D eigenvalue weighted by Crippen LogP contribution is -2.34. The summed E-state index contributed by atoms with van der Waals surface area (Å²) in [6.07, 6.45) is 1.51. The van der Waals surface area contributed by atoms with Gasteiger partial charge in [0.25, 0.3) is 0 Å². The molecule has 1 amide bonds. The van der Waals surface area contributed by atoms with Gasteiger partial charge >= 0.3 is 0 Å². The van der Waals surface area contributed by atoms with Crippen LogP contribution in [0.3, 0.4) is 0 Å². The molecule has 0 heterocycles. The van der Waals surface area contributed by atoms with Crippen molar-refractivity contribution < 1.29 is 9.53 Å². The number of methoxy groups -OCH3 is 1. The van der Waals surface area contributed by atoms with Crippen LogP contribution in [0.15, 0.2) is 28.7 Å². The molecular weight excluding hydrogens is 282 g/mol. The van der Waals surface area contributed by atoms with Crippen molar-refractivity contribution in [2.24, 2.45) is 0 Å². The molecule has 4 heteroatoms. The minimum atomic E-state index is -0.374. The molecule has 0 bridgehead atoms. The molecule has 17 heavy (non-hydrogen) atoms. The molecule has 0 unspecified atom stereocenters. The summed E-state index contributed by atoms with van der Waals surface area (Å²) < 4.78 is 6.01. The number of carbonyl (C=O) groups excluding carboxylic acids is 1. The van der Waals surface area contributed by atoms with Crippen LogP contribution in [0.25, 0.3) is 0 Å². The van der Waals surface area contributed by atoms with Crippen molar-refractivity contribution in [2.75, 3.05) is 13.7 Å². The Kier molecular flexibility index (Phi) is 6.22. The quantitative estimate of drug-likeness (QED) is 0.820. The standard InChI is InChI=1S/C13H18BrNO2/c1-10(17-2)13(16)15-8-4-6-11-5-3-7-12(14)9-11/h3,5,7,9-10H,4,6,8H2,1-2H3,(H,15,16)/t10-/m0/s1. The van der Waals surface area contributed by atoms with E-state index in [1.165, 1.54) is 12.7 Å². The summed E-state index contributed by atoms with van der Waals surface area (Å²) >= 11 is 3.44. The molecule has 0 saturated carbocycles. The molecular formula is C13H18BrNO2. The molecule has 0 aromatic heterocycles. The molecule has 0 spiro atoms. The third-order valence-electron chi connectivity index (χ3n) is 2.55. The summed E-state index contributed by atoms with van der Waals surface area (Å²) in [6, 6.07) is 8.21. The van der Waals surface area contributed by atoms with Crippen LogP contribution in [0.2, 0.25) is 0 Å². The van der Waals surface area contributed by atoms with Gasteiger partial charge in [-0.1, -0.05) is 28.1 Å². The van der Waals surface area contributed by atoms with E-state index in [0.29, 0.717) is 6.54 Å². The average Bonchev–Trinajstić information content (AvgIpc) is 2.33. The lowest BCUT2D eigenvalue weighted by atomic mass is 10.1. The van der Waals surface area contributed by atoms with Crippen LogP contribution in [-0.4, -0.2) is 25.7 Å². The van der Waals surface area contributed by atoms with Crippen molar-refractivity contribution in [3.63, 3.8) is 0 Å². The van der Waals surface area contributed by atoms with Crippen LogP contribution >= 0.6 is 15.9 Å². The van der Waals surface area contributed by atoms with E-state index in [1.54, 1.807) is 6.92 Å². The van der Waals surface area contributed by atoms with E-state index in [2.05, 4.69) is 33.4 Å². The zero-order valence-corrected chi connectivity index (χ0v) is 11.8. The number of ether oxygens (including phenoxy) is 1. The Morgan fingerprint density at radius 2 is 2.29 bits per heavy atom. The second kappa shape index (κ2) is 7.45. The number of hydrogen-bond donors (Lipinski definition) is 1. The van der Waals surface area contributed by atoms with Gasteiger partial charge in [-0.3, -0.25) is 4.79 Å². The van der Waals surface area contributed by atoms with Gasteiger partial charge < -0.3 is 10.1 Å². The first kappa shape index (κ1) is 14.2. The molecule has 94 valence electrons. The summed E-state index contributed by atoms with van der Waals surface area (Å²) in [6.45, 7) is 2.42. The van der Waals surface area contributed by atoms with Gasteiger partial charge in [0, 0.05) is 18.1 Å². The second-order valence-corrected chi connectivity index (χ2v) is 4.82. The molecule has 1 atom stereocenters. The molecule has 1 N–H and O–H groups in total. The van der Waals surface area contributed by atoms with E-state index in [4.69, 9.17) is 4.74 Å². The molecule has 0 aliphatic carbocycles. The van der Waals surface area contributed by atoms with Crippen molar-refractivity contribution in [1.29, 1.82) is 0 Å². The Bertz CT molecular complexity index is 368. The van der Waals surface area contributed by atoms with Gasteiger partial charge in [0.05, 0.1) is 0 Å². The SMILES string of the molecule is CO[C@@H](C)C(=O)NCCCc1cccc(Br)c1. The van der Waals surface area contributed by atoms with Crippen molar-refractivity contribution in [3.8, 4) is 0 Å². The summed E-state index contributed by atoms with van der Waals surface area (Å²) in [4.78, 5) is 11.4. The lowest BCUT2D eigenvalue weighted by Gasteiger charge is -2.10. The lowest BCUT2D eigenvalue weighted by molar-refractivity contribution is -0.130. The predicted octanol–water partition coefficient (Wildman–Crippen LogP) is 2.53. The van der Waals surface area contributed by atoms with E-state index < -0.39 is 0 Å². The number of benzene rings is 1. The molecule has 0 aliphatic rings. The Balaban J connectivity index is 2.22. The first-order valence-electron chi connectivity index (χ1n) is 5.68. The maximum atomic E-state index is 11.4. The smallest absolute Gasteiger partial charge is 0.248 e. The number of aryl methyl sites for hydroxylation is 1. The van der Waals surface area contributed by atoms with Gasteiger partial charge in [0.15, 0.2) is 0 Å². The molecule has 3 nitrogen and oxygen atoms in total. The fraction of sp³-hybridized carbons (Fsp3) is 0.462. The Morgan fingerprint density at radius 3 is 2.94 bits per heavy atom. The van der Waals surface area contributed by atoms with Gasteiger partial charge in [-0.25, -0.2) is 0 Å². The van der Waals surface area contributed by atoms with Crippen LogP contribution in [-0.2, 0) is 16.0 Å². The molecule has 1 aromatic rings. The number of halogens is 1. The molecule has 0 saturated heterocycles. The van der Waals surface area contributed by atoms with Crippen LogP contribution in [0.5, 0.6) is 0 Å². The van der Waals surface area contributed by atoms with Crippen LogP contribution in [0, 0.1) is 0 Å². The Hall–Kier alpha value is -0.870.